The van der Waals surface area contributed by atoms with Crippen LogP contribution in [0.3, 0.4) is 0 Å². The second-order valence-corrected chi connectivity index (χ2v) is 7.45. The summed E-state index contributed by atoms with van der Waals surface area (Å²) in [5.41, 5.74) is 0.850. The zero-order chi connectivity index (χ0) is 20.0. The summed E-state index contributed by atoms with van der Waals surface area (Å²) >= 11 is 1.37. The molecule has 0 saturated carbocycles. The molecule has 1 fully saturated rings. The van der Waals surface area contributed by atoms with Crippen LogP contribution in [0.1, 0.15) is 44.0 Å². The van der Waals surface area contributed by atoms with Gasteiger partial charge >= 0.3 is 5.97 Å². The average molecular weight is 392 g/mol. The van der Waals surface area contributed by atoms with Gasteiger partial charge in [0.05, 0.1) is 22.7 Å². The third-order valence-corrected chi connectivity index (χ3v) is 5.86. The van der Waals surface area contributed by atoms with E-state index in [1.54, 1.807) is 31.2 Å². The summed E-state index contributed by atoms with van der Waals surface area (Å²) in [6, 6.07) is 6.23. The van der Waals surface area contributed by atoms with Crippen LogP contribution in [0.15, 0.2) is 24.3 Å². The van der Waals surface area contributed by atoms with Gasteiger partial charge in [-0.05, 0) is 44.0 Å². The Bertz CT molecular complexity index is 697. The highest BCUT2D eigenvalue weighted by molar-refractivity contribution is 8.02. The molecule has 1 aliphatic heterocycles. The van der Waals surface area contributed by atoms with E-state index in [0.717, 1.165) is 4.90 Å². The average Bonchev–Trinajstić information content (AvgIpc) is 2.66. The number of hydrogen-bond acceptors (Lipinski definition) is 6. The first-order chi connectivity index (χ1) is 12.9. The van der Waals surface area contributed by atoms with Crippen molar-refractivity contribution in [2.24, 2.45) is 0 Å². The lowest BCUT2D eigenvalue weighted by molar-refractivity contribution is -0.147. The fourth-order valence-corrected chi connectivity index (χ4v) is 3.99. The molecule has 2 atom stereocenters. The highest BCUT2D eigenvalue weighted by Gasteiger charge is 2.40. The fourth-order valence-electron chi connectivity index (χ4n) is 2.72. The van der Waals surface area contributed by atoms with Crippen LogP contribution in [-0.4, -0.2) is 52.2 Å². The number of imide groups is 1. The largest absolute Gasteiger partial charge is 0.462 e. The fraction of sp³-hybridized carbons (Fsp3) is 0.474. The predicted octanol–water partition coefficient (Wildman–Crippen LogP) is 2.46. The van der Waals surface area contributed by atoms with Crippen molar-refractivity contribution in [2.45, 2.75) is 44.1 Å². The van der Waals surface area contributed by atoms with Gasteiger partial charge in [-0.2, -0.15) is 0 Å². The van der Waals surface area contributed by atoms with Crippen molar-refractivity contribution in [1.29, 1.82) is 0 Å². The molecular weight excluding hydrogens is 368 g/mol. The number of amides is 3. The van der Waals surface area contributed by atoms with Crippen molar-refractivity contribution < 1.29 is 23.9 Å². The third-order valence-electron chi connectivity index (χ3n) is 4.13. The van der Waals surface area contributed by atoms with E-state index in [-0.39, 0.29) is 35.5 Å². The number of esters is 1. The van der Waals surface area contributed by atoms with Crippen molar-refractivity contribution in [1.82, 2.24) is 4.90 Å². The number of carbonyl (C=O) groups is 4. The Hall–Kier alpha value is -2.35. The Morgan fingerprint density at radius 1 is 1.04 bits per heavy atom. The minimum absolute atomic E-state index is 0.283. The van der Waals surface area contributed by atoms with Gasteiger partial charge in [-0.15, -0.1) is 11.8 Å². The number of carbonyl (C=O) groups excluding carboxylic acids is 4. The molecule has 1 heterocycles. The quantitative estimate of drug-likeness (QED) is 0.566. The second kappa shape index (κ2) is 9.55. The predicted molar refractivity (Wildman–Crippen MR) is 103 cm³/mol. The van der Waals surface area contributed by atoms with Gasteiger partial charge in [0, 0.05) is 5.69 Å². The van der Waals surface area contributed by atoms with Crippen molar-refractivity contribution in [3.05, 3.63) is 29.8 Å². The summed E-state index contributed by atoms with van der Waals surface area (Å²) in [6.07, 6.45) is 1.22. The molecule has 0 radical (unpaired) electrons. The SMILES string of the molecule is CCOC(=O)c1ccc(NC(=O)CN2C(=O)[C@H](CC)S[C@@H](CC)C2=O)cc1. The molecule has 0 spiro atoms. The smallest absolute Gasteiger partial charge is 0.338 e. The van der Waals surface area contributed by atoms with E-state index in [4.69, 9.17) is 4.74 Å². The summed E-state index contributed by atoms with van der Waals surface area (Å²) < 4.78 is 4.90. The van der Waals surface area contributed by atoms with Crippen LogP contribution in [0.25, 0.3) is 0 Å². The molecule has 8 heteroatoms. The summed E-state index contributed by atoms with van der Waals surface area (Å²) in [4.78, 5) is 49.9. The van der Waals surface area contributed by atoms with E-state index in [1.807, 2.05) is 13.8 Å². The highest BCUT2D eigenvalue weighted by atomic mass is 32.2. The first kappa shape index (κ1) is 21.0. The summed E-state index contributed by atoms with van der Waals surface area (Å²) in [7, 11) is 0. The minimum atomic E-state index is -0.461. The maximum absolute atomic E-state index is 12.5. The standard InChI is InChI=1S/C19H24N2O5S/c1-4-14-17(23)21(18(24)15(5-2)27-14)11-16(22)20-13-9-7-12(8-10-13)19(25)26-6-3/h7-10,14-15H,4-6,11H2,1-3H3,(H,20,22)/t14-,15-/m0/s1. The first-order valence-corrected chi connectivity index (χ1v) is 9.93. The van der Waals surface area contributed by atoms with Gasteiger partial charge < -0.3 is 10.1 Å². The number of thioether (sulfide) groups is 1. The zero-order valence-electron chi connectivity index (χ0n) is 15.7. The Labute approximate surface area is 162 Å². The number of nitrogens with one attached hydrogen (secondary N) is 1. The zero-order valence-corrected chi connectivity index (χ0v) is 16.5. The van der Waals surface area contributed by atoms with E-state index in [2.05, 4.69) is 5.32 Å². The van der Waals surface area contributed by atoms with Gasteiger partial charge in [-0.3, -0.25) is 19.3 Å². The molecular formula is C19H24N2O5S. The molecule has 1 saturated heterocycles. The van der Waals surface area contributed by atoms with Crippen LogP contribution < -0.4 is 5.32 Å². The van der Waals surface area contributed by atoms with Gasteiger partial charge in [-0.1, -0.05) is 13.8 Å². The lowest BCUT2D eigenvalue weighted by Gasteiger charge is -2.34. The maximum Gasteiger partial charge on any atom is 0.338 e. The second-order valence-electron chi connectivity index (χ2n) is 6.04. The van der Waals surface area contributed by atoms with E-state index < -0.39 is 11.9 Å². The molecule has 3 amide bonds. The molecule has 2 rings (SSSR count). The van der Waals surface area contributed by atoms with Gasteiger partial charge in [0.25, 0.3) is 0 Å². The lowest BCUT2D eigenvalue weighted by atomic mass is 10.2. The van der Waals surface area contributed by atoms with Crippen molar-refractivity contribution in [2.75, 3.05) is 18.5 Å². The Morgan fingerprint density at radius 2 is 1.59 bits per heavy atom. The monoisotopic (exact) mass is 392 g/mol. The van der Waals surface area contributed by atoms with Crippen LogP contribution >= 0.6 is 11.8 Å². The van der Waals surface area contributed by atoms with Crippen LogP contribution in [-0.2, 0) is 19.1 Å². The first-order valence-electron chi connectivity index (χ1n) is 8.98. The lowest BCUT2D eigenvalue weighted by Crippen LogP contribution is -2.53. The van der Waals surface area contributed by atoms with E-state index in [0.29, 0.717) is 24.1 Å². The number of nitrogens with zero attached hydrogens (tertiary/aromatic N) is 1. The normalized spacial score (nSPS) is 19.7. The molecule has 7 nitrogen and oxygen atoms in total. The summed E-state index contributed by atoms with van der Waals surface area (Å²) in [6.45, 7) is 5.47. The topological polar surface area (TPSA) is 92.8 Å². The molecule has 1 aromatic rings. The Morgan fingerprint density at radius 3 is 2.07 bits per heavy atom. The molecule has 0 unspecified atom stereocenters. The minimum Gasteiger partial charge on any atom is -0.462 e. The molecule has 0 aliphatic carbocycles. The van der Waals surface area contributed by atoms with Crippen LogP contribution in [0.5, 0.6) is 0 Å². The van der Waals surface area contributed by atoms with Crippen LogP contribution in [0.2, 0.25) is 0 Å². The van der Waals surface area contributed by atoms with Crippen molar-refractivity contribution >= 4 is 41.1 Å². The number of ether oxygens (including phenoxy) is 1. The van der Waals surface area contributed by atoms with Crippen molar-refractivity contribution in [3.63, 3.8) is 0 Å². The van der Waals surface area contributed by atoms with Crippen LogP contribution in [0, 0.1) is 0 Å². The molecule has 0 aromatic heterocycles. The molecule has 0 bridgehead atoms. The number of rotatable bonds is 7. The Kier molecular flexibility index (Phi) is 7.41. The maximum atomic E-state index is 12.5. The number of benzene rings is 1. The summed E-state index contributed by atoms with van der Waals surface area (Å²) in [5, 5.41) is 2.05. The number of hydrogen-bond donors (Lipinski definition) is 1. The van der Waals surface area contributed by atoms with Crippen molar-refractivity contribution in [3.8, 4) is 0 Å². The van der Waals surface area contributed by atoms with Gasteiger partial charge in [-0.25, -0.2) is 4.79 Å². The van der Waals surface area contributed by atoms with Gasteiger partial charge in [0.1, 0.15) is 6.54 Å². The number of anilines is 1. The molecule has 1 aliphatic rings. The van der Waals surface area contributed by atoms with Crippen LogP contribution in [0.4, 0.5) is 5.69 Å². The summed E-state index contributed by atoms with van der Waals surface area (Å²) in [5.74, 6) is -1.53. The Balaban J connectivity index is 2.02. The van der Waals surface area contributed by atoms with Gasteiger partial charge in [0.15, 0.2) is 0 Å². The van der Waals surface area contributed by atoms with E-state index in [1.165, 1.54) is 11.8 Å². The molecule has 1 N–H and O–H groups in total. The third kappa shape index (κ3) is 5.09. The van der Waals surface area contributed by atoms with E-state index in [9.17, 15) is 19.2 Å². The van der Waals surface area contributed by atoms with E-state index >= 15 is 0 Å². The molecule has 27 heavy (non-hydrogen) atoms. The molecule has 146 valence electrons. The highest BCUT2D eigenvalue weighted by Crippen LogP contribution is 2.31. The van der Waals surface area contributed by atoms with Gasteiger partial charge in [0.2, 0.25) is 17.7 Å². The molecule has 1 aromatic carbocycles.